The van der Waals surface area contributed by atoms with Crippen molar-refractivity contribution in [2.75, 3.05) is 12.3 Å². The molecule has 1 aliphatic rings. The van der Waals surface area contributed by atoms with Crippen LogP contribution in [0.15, 0.2) is 12.3 Å². The SMILES string of the molecule is Cc1ccnc2sc(C(=O)NC3CNC(=O)C3)c(N)c12. The summed E-state index contributed by atoms with van der Waals surface area (Å²) in [6.45, 7) is 2.40. The Kier molecular flexibility index (Phi) is 3.06. The Labute approximate surface area is 119 Å². The summed E-state index contributed by atoms with van der Waals surface area (Å²) in [5, 5.41) is 6.35. The van der Waals surface area contributed by atoms with E-state index in [-0.39, 0.29) is 17.9 Å². The molecule has 0 saturated carbocycles. The predicted octanol–water partition coefficient (Wildman–Crippen LogP) is 0.805. The van der Waals surface area contributed by atoms with Crippen LogP contribution in [0.25, 0.3) is 10.2 Å². The summed E-state index contributed by atoms with van der Waals surface area (Å²) < 4.78 is 0. The molecule has 1 atom stereocenters. The highest BCUT2D eigenvalue weighted by atomic mass is 32.1. The number of carbonyl (C=O) groups is 2. The Balaban J connectivity index is 1.90. The number of pyridine rings is 1. The Hall–Kier alpha value is -2.15. The molecule has 2 aromatic heterocycles. The Morgan fingerprint density at radius 3 is 3.05 bits per heavy atom. The largest absolute Gasteiger partial charge is 0.397 e. The molecular formula is C13H14N4O2S. The van der Waals surface area contributed by atoms with Gasteiger partial charge in [-0.15, -0.1) is 11.3 Å². The van der Waals surface area contributed by atoms with Crippen LogP contribution < -0.4 is 16.4 Å². The van der Waals surface area contributed by atoms with Crippen LogP contribution in [0.2, 0.25) is 0 Å². The lowest BCUT2D eigenvalue weighted by Crippen LogP contribution is -2.36. The van der Waals surface area contributed by atoms with E-state index in [1.807, 2.05) is 13.0 Å². The topological polar surface area (TPSA) is 97.1 Å². The van der Waals surface area contributed by atoms with Gasteiger partial charge in [0.1, 0.15) is 9.71 Å². The normalized spacial score (nSPS) is 18.2. The van der Waals surface area contributed by atoms with Gasteiger partial charge >= 0.3 is 0 Å². The Morgan fingerprint density at radius 2 is 2.40 bits per heavy atom. The maximum absolute atomic E-state index is 12.3. The zero-order valence-corrected chi connectivity index (χ0v) is 11.7. The number of rotatable bonds is 2. The van der Waals surface area contributed by atoms with Crippen molar-refractivity contribution in [3.63, 3.8) is 0 Å². The van der Waals surface area contributed by atoms with Crippen molar-refractivity contribution in [1.29, 1.82) is 0 Å². The van der Waals surface area contributed by atoms with E-state index in [1.165, 1.54) is 11.3 Å². The number of nitrogens with two attached hydrogens (primary N) is 1. The second-order valence-corrected chi connectivity index (χ2v) is 5.83. The summed E-state index contributed by atoms with van der Waals surface area (Å²) in [7, 11) is 0. The van der Waals surface area contributed by atoms with Crippen LogP contribution in [0.5, 0.6) is 0 Å². The molecule has 3 heterocycles. The number of thiophene rings is 1. The number of fused-ring (bicyclic) bond motifs is 1. The molecule has 6 nitrogen and oxygen atoms in total. The quantitative estimate of drug-likeness (QED) is 0.762. The van der Waals surface area contributed by atoms with Gasteiger partial charge in [0.25, 0.3) is 5.91 Å². The van der Waals surface area contributed by atoms with Crippen LogP contribution in [0.3, 0.4) is 0 Å². The van der Waals surface area contributed by atoms with E-state index in [0.717, 1.165) is 15.8 Å². The molecule has 0 spiro atoms. The van der Waals surface area contributed by atoms with Crippen molar-refractivity contribution in [3.8, 4) is 0 Å². The number of nitrogen functional groups attached to an aromatic ring is 1. The number of hydrogen-bond acceptors (Lipinski definition) is 5. The lowest BCUT2D eigenvalue weighted by atomic mass is 10.1. The third kappa shape index (κ3) is 2.09. The van der Waals surface area contributed by atoms with Gasteiger partial charge in [0.05, 0.1) is 11.7 Å². The Morgan fingerprint density at radius 1 is 1.60 bits per heavy atom. The van der Waals surface area contributed by atoms with Crippen molar-refractivity contribution >= 4 is 39.1 Å². The third-order valence-electron chi connectivity index (χ3n) is 3.36. The van der Waals surface area contributed by atoms with E-state index in [0.29, 0.717) is 23.5 Å². The summed E-state index contributed by atoms with van der Waals surface area (Å²) in [5.74, 6) is -0.288. The molecule has 1 saturated heterocycles. The second-order valence-electron chi connectivity index (χ2n) is 4.83. The number of anilines is 1. The number of nitrogens with one attached hydrogen (secondary N) is 2. The van der Waals surface area contributed by atoms with Crippen LogP contribution in [-0.4, -0.2) is 29.4 Å². The molecule has 3 rings (SSSR count). The molecule has 1 unspecified atom stereocenters. The molecule has 1 aliphatic heterocycles. The van der Waals surface area contributed by atoms with E-state index >= 15 is 0 Å². The molecule has 7 heteroatoms. The van der Waals surface area contributed by atoms with Crippen LogP contribution in [-0.2, 0) is 4.79 Å². The first-order valence-corrected chi connectivity index (χ1v) is 7.09. The van der Waals surface area contributed by atoms with Gasteiger partial charge in [-0.3, -0.25) is 9.59 Å². The van der Waals surface area contributed by atoms with Crippen molar-refractivity contribution in [2.45, 2.75) is 19.4 Å². The number of hydrogen-bond donors (Lipinski definition) is 3. The highest BCUT2D eigenvalue weighted by Crippen LogP contribution is 2.34. The van der Waals surface area contributed by atoms with E-state index < -0.39 is 0 Å². The first-order chi connectivity index (χ1) is 9.56. The minimum Gasteiger partial charge on any atom is -0.397 e. The van der Waals surface area contributed by atoms with Gasteiger partial charge in [0.2, 0.25) is 5.91 Å². The van der Waals surface area contributed by atoms with Gasteiger partial charge in [-0.2, -0.15) is 0 Å². The third-order valence-corrected chi connectivity index (χ3v) is 4.47. The molecule has 0 aliphatic carbocycles. The summed E-state index contributed by atoms with van der Waals surface area (Å²) in [5.41, 5.74) is 7.53. The lowest BCUT2D eigenvalue weighted by molar-refractivity contribution is -0.119. The fraction of sp³-hybridized carbons (Fsp3) is 0.308. The minimum absolute atomic E-state index is 0.0443. The van der Waals surface area contributed by atoms with Crippen molar-refractivity contribution in [1.82, 2.24) is 15.6 Å². The van der Waals surface area contributed by atoms with E-state index in [1.54, 1.807) is 6.20 Å². The van der Waals surface area contributed by atoms with Gasteiger partial charge in [-0.05, 0) is 18.6 Å². The number of carbonyl (C=O) groups excluding carboxylic acids is 2. The van der Waals surface area contributed by atoms with Gasteiger partial charge in [0, 0.05) is 24.5 Å². The summed E-state index contributed by atoms with van der Waals surface area (Å²) in [6, 6.07) is 1.70. The standard InChI is InChI=1S/C13H14N4O2S/c1-6-2-3-15-13-9(6)10(14)11(20-13)12(19)17-7-4-8(18)16-5-7/h2-3,7H,4-5,14H2,1H3,(H,16,18)(H,17,19). The molecule has 1 fully saturated rings. The average Bonchev–Trinajstić information content (AvgIpc) is 2.95. The van der Waals surface area contributed by atoms with Crippen LogP contribution in [0.1, 0.15) is 21.7 Å². The predicted molar refractivity (Wildman–Crippen MR) is 77.7 cm³/mol. The zero-order valence-electron chi connectivity index (χ0n) is 10.9. The van der Waals surface area contributed by atoms with E-state index in [4.69, 9.17) is 5.73 Å². The fourth-order valence-electron chi connectivity index (χ4n) is 2.33. The molecule has 0 radical (unpaired) electrons. The summed E-state index contributed by atoms with van der Waals surface area (Å²) in [4.78, 5) is 28.8. The van der Waals surface area contributed by atoms with Gasteiger partial charge in [-0.25, -0.2) is 4.98 Å². The van der Waals surface area contributed by atoms with Crippen LogP contribution in [0.4, 0.5) is 5.69 Å². The van der Waals surface area contributed by atoms with Crippen LogP contribution >= 0.6 is 11.3 Å². The number of aryl methyl sites for hydroxylation is 1. The molecule has 20 heavy (non-hydrogen) atoms. The highest BCUT2D eigenvalue weighted by Gasteiger charge is 2.25. The lowest BCUT2D eigenvalue weighted by Gasteiger charge is -2.09. The van der Waals surface area contributed by atoms with Crippen LogP contribution in [0, 0.1) is 6.92 Å². The van der Waals surface area contributed by atoms with E-state index in [2.05, 4.69) is 15.6 Å². The van der Waals surface area contributed by atoms with Crippen molar-refractivity contribution < 1.29 is 9.59 Å². The second kappa shape index (κ2) is 4.75. The van der Waals surface area contributed by atoms with Crippen molar-refractivity contribution in [3.05, 3.63) is 22.7 Å². The number of aromatic nitrogens is 1. The molecular weight excluding hydrogens is 276 g/mol. The molecule has 0 aromatic carbocycles. The van der Waals surface area contributed by atoms with Crippen molar-refractivity contribution in [2.24, 2.45) is 0 Å². The monoisotopic (exact) mass is 290 g/mol. The average molecular weight is 290 g/mol. The summed E-state index contributed by atoms with van der Waals surface area (Å²) in [6.07, 6.45) is 2.02. The molecule has 104 valence electrons. The summed E-state index contributed by atoms with van der Waals surface area (Å²) >= 11 is 1.28. The van der Waals surface area contributed by atoms with Gasteiger partial charge < -0.3 is 16.4 Å². The van der Waals surface area contributed by atoms with Gasteiger partial charge in [0.15, 0.2) is 0 Å². The Bertz CT molecular complexity index is 710. The minimum atomic E-state index is -0.244. The molecule has 2 aromatic rings. The molecule has 2 amide bonds. The highest BCUT2D eigenvalue weighted by molar-refractivity contribution is 7.21. The number of amides is 2. The molecule has 4 N–H and O–H groups in total. The maximum Gasteiger partial charge on any atom is 0.263 e. The smallest absolute Gasteiger partial charge is 0.263 e. The van der Waals surface area contributed by atoms with E-state index in [9.17, 15) is 9.59 Å². The first kappa shape index (κ1) is 12.9. The molecule has 0 bridgehead atoms. The first-order valence-electron chi connectivity index (χ1n) is 6.27. The fourth-order valence-corrected chi connectivity index (χ4v) is 3.37. The number of nitrogens with zero attached hydrogens (tertiary/aromatic N) is 1. The van der Waals surface area contributed by atoms with Gasteiger partial charge in [-0.1, -0.05) is 0 Å². The maximum atomic E-state index is 12.3. The zero-order chi connectivity index (χ0) is 14.3.